The number of sulfone groups is 1. The summed E-state index contributed by atoms with van der Waals surface area (Å²) >= 11 is 0. The fourth-order valence-electron chi connectivity index (χ4n) is 2.93. The molecule has 7 nitrogen and oxygen atoms in total. The van der Waals surface area contributed by atoms with Crippen LogP contribution in [0, 0.1) is 13.8 Å². The highest BCUT2D eigenvalue weighted by molar-refractivity contribution is 7.95. The Morgan fingerprint density at radius 1 is 0.929 bits per heavy atom. The van der Waals surface area contributed by atoms with Crippen LogP contribution in [0.2, 0.25) is 0 Å². The van der Waals surface area contributed by atoms with Gasteiger partial charge in [-0.15, -0.1) is 0 Å². The van der Waals surface area contributed by atoms with Crippen LogP contribution < -0.4 is 4.72 Å². The van der Waals surface area contributed by atoms with Crippen LogP contribution >= 0.6 is 0 Å². The summed E-state index contributed by atoms with van der Waals surface area (Å²) in [5.74, 6) is 0. The summed E-state index contributed by atoms with van der Waals surface area (Å²) in [5, 5.41) is 4.41. The molecule has 0 fully saturated rings. The molecule has 2 aromatic carbocycles. The number of anilines is 1. The number of nitrogens with one attached hydrogen (secondary N) is 1. The van der Waals surface area contributed by atoms with Crippen LogP contribution in [0.15, 0.2) is 64.4 Å². The van der Waals surface area contributed by atoms with E-state index in [4.69, 9.17) is 0 Å². The van der Waals surface area contributed by atoms with Crippen molar-refractivity contribution >= 4 is 25.5 Å². The first kappa shape index (κ1) is 20.1. The van der Waals surface area contributed by atoms with Crippen molar-refractivity contribution in [1.82, 2.24) is 9.78 Å². The van der Waals surface area contributed by atoms with Gasteiger partial charge in [-0.2, -0.15) is 5.10 Å². The van der Waals surface area contributed by atoms with Crippen molar-refractivity contribution in [3.63, 3.8) is 0 Å². The predicted molar refractivity (Wildman–Crippen MR) is 108 cm³/mol. The van der Waals surface area contributed by atoms with Crippen molar-refractivity contribution in [3.05, 3.63) is 71.5 Å². The lowest BCUT2D eigenvalue weighted by molar-refractivity contribution is 0.588. The van der Waals surface area contributed by atoms with Gasteiger partial charge in [0.15, 0.2) is 9.84 Å². The lowest BCUT2D eigenvalue weighted by Crippen LogP contribution is -2.16. The predicted octanol–water partition coefficient (Wildman–Crippen LogP) is 2.75. The van der Waals surface area contributed by atoms with Crippen LogP contribution in [0.3, 0.4) is 0 Å². The van der Waals surface area contributed by atoms with Gasteiger partial charge >= 0.3 is 0 Å². The highest BCUT2D eigenvalue weighted by Gasteiger charge is 2.23. The van der Waals surface area contributed by atoms with Crippen molar-refractivity contribution in [3.8, 4) is 0 Å². The lowest BCUT2D eigenvalue weighted by Gasteiger charge is -2.12. The zero-order valence-electron chi connectivity index (χ0n) is 15.7. The Bertz CT molecular complexity index is 1230. The Labute approximate surface area is 165 Å². The van der Waals surface area contributed by atoms with Gasteiger partial charge in [-0.05, 0) is 49.7 Å². The van der Waals surface area contributed by atoms with Crippen LogP contribution in [-0.4, -0.2) is 32.9 Å². The molecule has 0 aliphatic carbocycles. The maximum atomic E-state index is 12.8. The second kappa shape index (κ2) is 7.40. The lowest BCUT2D eigenvalue weighted by atomic mass is 10.2. The van der Waals surface area contributed by atoms with Gasteiger partial charge in [0.1, 0.15) is 4.90 Å². The topological polar surface area (TPSA) is 98.1 Å². The molecule has 3 aromatic rings. The summed E-state index contributed by atoms with van der Waals surface area (Å²) in [6.45, 7) is 4.36. The van der Waals surface area contributed by atoms with Crippen molar-refractivity contribution in [2.24, 2.45) is 0 Å². The number of sulfonamides is 1. The van der Waals surface area contributed by atoms with Gasteiger partial charge < -0.3 is 0 Å². The van der Waals surface area contributed by atoms with E-state index in [0.717, 1.165) is 23.2 Å². The largest absolute Gasteiger partial charge is 0.280 e. The molecule has 1 aromatic heterocycles. The first-order chi connectivity index (χ1) is 13.1. The quantitative estimate of drug-likeness (QED) is 0.662. The minimum absolute atomic E-state index is 0.235. The Hall–Kier alpha value is -2.65. The number of hydrogen-bond donors (Lipinski definition) is 1. The molecule has 0 spiro atoms. The fraction of sp³-hybridized carbons (Fsp3) is 0.211. The van der Waals surface area contributed by atoms with E-state index < -0.39 is 19.9 Å². The summed E-state index contributed by atoms with van der Waals surface area (Å²) in [6.07, 6.45) is 0.983. The number of rotatable bonds is 6. The van der Waals surface area contributed by atoms with E-state index >= 15 is 0 Å². The van der Waals surface area contributed by atoms with E-state index in [0.29, 0.717) is 12.2 Å². The summed E-state index contributed by atoms with van der Waals surface area (Å²) < 4.78 is 53.8. The molecular weight excluding hydrogens is 398 g/mol. The molecule has 0 saturated carbocycles. The molecule has 0 radical (unpaired) electrons. The summed E-state index contributed by atoms with van der Waals surface area (Å²) in [6, 6.07) is 14.4. The molecule has 0 bridgehead atoms. The molecule has 0 aliphatic rings. The first-order valence-electron chi connectivity index (χ1n) is 8.48. The molecule has 0 saturated heterocycles. The van der Waals surface area contributed by atoms with Gasteiger partial charge in [0.05, 0.1) is 17.1 Å². The number of benzene rings is 2. The van der Waals surface area contributed by atoms with Crippen LogP contribution in [-0.2, 0) is 26.4 Å². The van der Waals surface area contributed by atoms with Gasteiger partial charge in [0.2, 0.25) is 0 Å². The smallest absolute Gasteiger partial charge is 0.263 e. The minimum Gasteiger partial charge on any atom is -0.280 e. The van der Waals surface area contributed by atoms with Gasteiger partial charge in [-0.25, -0.2) is 16.8 Å². The summed E-state index contributed by atoms with van der Waals surface area (Å²) in [4.78, 5) is -0.511. The Balaban J connectivity index is 1.91. The average molecular weight is 420 g/mol. The van der Waals surface area contributed by atoms with Gasteiger partial charge in [0.25, 0.3) is 10.0 Å². The molecule has 148 valence electrons. The second-order valence-electron chi connectivity index (χ2n) is 6.61. The Morgan fingerprint density at radius 3 is 2.21 bits per heavy atom. The monoisotopic (exact) mass is 419 g/mol. The van der Waals surface area contributed by atoms with Crippen molar-refractivity contribution in [2.45, 2.75) is 30.2 Å². The van der Waals surface area contributed by atoms with Crippen LogP contribution in [0.25, 0.3) is 0 Å². The summed E-state index contributed by atoms with van der Waals surface area (Å²) in [7, 11) is -7.76. The van der Waals surface area contributed by atoms with Crippen molar-refractivity contribution < 1.29 is 16.8 Å². The third kappa shape index (κ3) is 4.42. The van der Waals surface area contributed by atoms with E-state index in [1.165, 1.54) is 24.3 Å². The first-order valence-corrected chi connectivity index (χ1v) is 11.9. The fourth-order valence-corrected chi connectivity index (χ4v) is 5.61. The zero-order valence-corrected chi connectivity index (χ0v) is 17.4. The van der Waals surface area contributed by atoms with E-state index in [1.54, 1.807) is 18.2 Å². The molecule has 28 heavy (non-hydrogen) atoms. The number of hydrogen-bond acceptors (Lipinski definition) is 5. The molecule has 1 N–H and O–H groups in total. The molecule has 0 aliphatic heterocycles. The molecule has 0 amide bonds. The molecule has 3 rings (SSSR count). The van der Waals surface area contributed by atoms with E-state index in [2.05, 4.69) is 9.82 Å². The normalized spacial score (nSPS) is 12.1. The Morgan fingerprint density at radius 2 is 1.61 bits per heavy atom. The highest BCUT2D eigenvalue weighted by atomic mass is 32.2. The standard InChI is InChI=1S/C19H21N3O4S2/c1-14-11-15(2)22(20-14)13-16-7-6-8-17(12-16)21-28(25,26)19-10-5-4-9-18(19)27(3,23)24/h4-12,21H,13H2,1-3H3. The number of aryl methyl sites for hydroxylation is 2. The third-order valence-corrected chi connectivity index (χ3v) is 6.88. The summed E-state index contributed by atoms with van der Waals surface area (Å²) in [5.41, 5.74) is 3.13. The van der Waals surface area contributed by atoms with E-state index in [9.17, 15) is 16.8 Å². The van der Waals surface area contributed by atoms with Crippen LogP contribution in [0.5, 0.6) is 0 Å². The van der Waals surface area contributed by atoms with Crippen LogP contribution in [0.1, 0.15) is 17.0 Å². The molecular formula is C19H21N3O4S2. The van der Waals surface area contributed by atoms with Crippen molar-refractivity contribution in [1.29, 1.82) is 0 Å². The minimum atomic E-state index is -4.07. The molecule has 9 heteroatoms. The second-order valence-corrected chi connectivity index (χ2v) is 10.2. The third-order valence-electron chi connectivity index (χ3n) is 4.15. The molecule has 1 heterocycles. The van der Waals surface area contributed by atoms with Crippen LogP contribution in [0.4, 0.5) is 5.69 Å². The SMILES string of the molecule is Cc1cc(C)n(Cc2cccc(NS(=O)(=O)c3ccccc3S(C)(=O)=O)c2)n1. The van der Waals surface area contributed by atoms with E-state index in [-0.39, 0.29) is 9.79 Å². The number of aromatic nitrogens is 2. The average Bonchev–Trinajstić information content (AvgIpc) is 2.91. The highest BCUT2D eigenvalue weighted by Crippen LogP contribution is 2.24. The number of nitrogens with zero attached hydrogens (tertiary/aromatic N) is 2. The van der Waals surface area contributed by atoms with Gasteiger partial charge in [-0.1, -0.05) is 24.3 Å². The van der Waals surface area contributed by atoms with Gasteiger partial charge in [-0.3, -0.25) is 9.40 Å². The van der Waals surface area contributed by atoms with Gasteiger partial charge in [0, 0.05) is 17.6 Å². The molecule has 0 atom stereocenters. The van der Waals surface area contributed by atoms with E-state index in [1.807, 2.05) is 30.7 Å². The maximum absolute atomic E-state index is 12.8. The Kier molecular flexibility index (Phi) is 5.31. The maximum Gasteiger partial charge on any atom is 0.263 e. The zero-order chi connectivity index (χ0) is 20.5. The molecule has 0 unspecified atom stereocenters. The van der Waals surface area contributed by atoms with Crippen molar-refractivity contribution in [2.75, 3.05) is 11.0 Å².